The van der Waals surface area contributed by atoms with E-state index in [4.69, 9.17) is 5.11 Å². The second-order valence-corrected chi connectivity index (χ2v) is 7.45. The molecule has 1 fully saturated rings. The highest BCUT2D eigenvalue weighted by Crippen LogP contribution is 2.24. The molecule has 6 heteroatoms. The zero-order valence-corrected chi connectivity index (χ0v) is 10.7. The average molecular weight is 249 g/mol. The largest absolute Gasteiger partial charge is 0.481 e. The number of aliphatic carboxylic acids is 1. The highest BCUT2D eigenvalue weighted by atomic mass is 32.2. The fraction of sp³-hybridized carbons (Fsp3) is 0.900. The van der Waals surface area contributed by atoms with E-state index in [-0.39, 0.29) is 5.75 Å². The minimum absolute atomic E-state index is 0.284. The summed E-state index contributed by atoms with van der Waals surface area (Å²) in [5.74, 6) is -1.35. The lowest BCUT2D eigenvalue weighted by atomic mass is 9.97. The normalized spacial score (nSPS) is 23.6. The summed E-state index contributed by atoms with van der Waals surface area (Å²) < 4.78 is 24.0. The molecular formula is C10H19NO4S. The third-order valence-corrected chi connectivity index (χ3v) is 5.52. The third-order valence-electron chi connectivity index (χ3n) is 3.00. The first-order valence-corrected chi connectivity index (χ1v) is 7.00. The predicted octanol–water partition coefficient (Wildman–Crippen LogP) is 0.216. The Morgan fingerprint density at radius 1 is 1.50 bits per heavy atom. The number of rotatable bonds is 4. The Morgan fingerprint density at radius 3 is 2.44 bits per heavy atom. The molecule has 16 heavy (non-hydrogen) atoms. The molecule has 1 aliphatic rings. The van der Waals surface area contributed by atoms with E-state index < -0.39 is 26.5 Å². The van der Waals surface area contributed by atoms with E-state index in [9.17, 15) is 13.2 Å². The molecule has 94 valence electrons. The lowest BCUT2D eigenvalue weighted by Gasteiger charge is -2.21. The molecule has 0 aromatic carbocycles. The lowest BCUT2D eigenvalue weighted by Crippen LogP contribution is -2.37. The van der Waals surface area contributed by atoms with Gasteiger partial charge in [0.15, 0.2) is 9.84 Å². The molecule has 0 amide bonds. The maximum absolute atomic E-state index is 12.0. The van der Waals surface area contributed by atoms with E-state index in [0.717, 1.165) is 6.54 Å². The van der Waals surface area contributed by atoms with Crippen LogP contribution in [-0.2, 0) is 14.6 Å². The summed E-state index contributed by atoms with van der Waals surface area (Å²) in [5, 5.41) is 8.52. The summed E-state index contributed by atoms with van der Waals surface area (Å²) in [6.07, 6.45) is 0.606. The monoisotopic (exact) mass is 249 g/mol. The van der Waals surface area contributed by atoms with E-state index >= 15 is 0 Å². The highest BCUT2D eigenvalue weighted by Gasteiger charge is 2.39. The number of nitrogens with zero attached hydrogens (tertiary/aromatic N) is 1. The maximum atomic E-state index is 12.0. The molecular weight excluding hydrogens is 230 g/mol. The molecule has 0 saturated carbocycles. The first-order valence-electron chi connectivity index (χ1n) is 5.29. The van der Waals surface area contributed by atoms with Crippen molar-refractivity contribution in [2.45, 2.75) is 25.5 Å². The van der Waals surface area contributed by atoms with E-state index in [1.807, 2.05) is 11.9 Å². The zero-order valence-electron chi connectivity index (χ0n) is 9.93. The molecule has 1 aliphatic heterocycles. The van der Waals surface area contributed by atoms with Gasteiger partial charge in [0.2, 0.25) is 0 Å². The van der Waals surface area contributed by atoms with Crippen molar-refractivity contribution in [3.05, 3.63) is 0 Å². The first kappa shape index (κ1) is 13.4. The quantitative estimate of drug-likeness (QED) is 0.771. The molecule has 0 radical (unpaired) electrons. The van der Waals surface area contributed by atoms with Gasteiger partial charge in [-0.25, -0.2) is 8.42 Å². The first-order chi connectivity index (χ1) is 7.15. The second-order valence-electron chi connectivity index (χ2n) is 5.17. The van der Waals surface area contributed by atoms with Gasteiger partial charge in [-0.05, 0) is 33.9 Å². The van der Waals surface area contributed by atoms with Crippen LogP contribution in [0.5, 0.6) is 0 Å². The summed E-state index contributed by atoms with van der Waals surface area (Å²) in [5.41, 5.74) is -1.21. The van der Waals surface area contributed by atoms with E-state index in [1.54, 1.807) is 0 Å². The SMILES string of the molecule is CN1CCC(S(=O)(=O)CC(C)(C)C(=O)O)C1. The lowest BCUT2D eigenvalue weighted by molar-refractivity contribution is -0.145. The van der Waals surface area contributed by atoms with Crippen LogP contribution in [0.15, 0.2) is 0 Å². The number of carbonyl (C=O) groups is 1. The standard InChI is InChI=1S/C10H19NO4S/c1-10(2,9(12)13)7-16(14,15)8-4-5-11(3)6-8/h8H,4-7H2,1-3H3,(H,12,13). The Bertz CT molecular complexity index is 374. The molecule has 1 saturated heterocycles. The summed E-state index contributed by atoms with van der Waals surface area (Å²) >= 11 is 0. The fourth-order valence-corrected chi connectivity index (χ4v) is 4.18. The van der Waals surface area contributed by atoms with Crippen molar-refractivity contribution in [3.63, 3.8) is 0 Å². The van der Waals surface area contributed by atoms with Crippen molar-refractivity contribution < 1.29 is 18.3 Å². The minimum atomic E-state index is -3.32. The van der Waals surface area contributed by atoms with Gasteiger partial charge in [-0.2, -0.15) is 0 Å². The molecule has 0 aromatic heterocycles. The highest BCUT2D eigenvalue weighted by molar-refractivity contribution is 7.92. The van der Waals surface area contributed by atoms with E-state index in [0.29, 0.717) is 13.0 Å². The Kier molecular flexibility index (Phi) is 3.64. The topological polar surface area (TPSA) is 74.7 Å². The van der Waals surface area contributed by atoms with Crippen LogP contribution in [0.2, 0.25) is 0 Å². The Labute approximate surface area is 96.4 Å². The van der Waals surface area contributed by atoms with Crippen molar-refractivity contribution in [1.82, 2.24) is 4.90 Å². The predicted molar refractivity (Wildman–Crippen MR) is 61.1 cm³/mol. The number of hydrogen-bond donors (Lipinski definition) is 1. The summed E-state index contributed by atoms with van der Waals surface area (Å²) in [7, 11) is -1.45. The number of likely N-dealkylation sites (tertiary alicyclic amines) is 1. The molecule has 1 heterocycles. The smallest absolute Gasteiger partial charge is 0.310 e. The molecule has 0 spiro atoms. The summed E-state index contributed by atoms with van der Waals surface area (Å²) in [4.78, 5) is 12.9. The van der Waals surface area contributed by atoms with Gasteiger partial charge < -0.3 is 10.0 Å². The molecule has 1 atom stereocenters. The van der Waals surface area contributed by atoms with E-state index in [2.05, 4.69) is 0 Å². The van der Waals surface area contributed by atoms with Gasteiger partial charge in [-0.1, -0.05) is 0 Å². The average Bonchev–Trinajstić information content (AvgIpc) is 2.50. The summed E-state index contributed by atoms with van der Waals surface area (Å²) in [6.45, 7) is 4.17. The van der Waals surface area contributed by atoms with Gasteiger partial charge in [0.05, 0.1) is 16.4 Å². The fourth-order valence-electron chi connectivity index (χ4n) is 1.87. The van der Waals surface area contributed by atoms with Crippen LogP contribution in [0.3, 0.4) is 0 Å². The third kappa shape index (κ3) is 2.95. The van der Waals surface area contributed by atoms with E-state index in [1.165, 1.54) is 13.8 Å². The number of carboxylic acids is 1. The van der Waals surface area contributed by atoms with Crippen molar-refractivity contribution in [2.75, 3.05) is 25.9 Å². The summed E-state index contributed by atoms with van der Waals surface area (Å²) in [6, 6.07) is 0. The molecule has 0 aromatic rings. The molecule has 1 unspecified atom stereocenters. The molecule has 0 bridgehead atoms. The zero-order chi connectivity index (χ0) is 12.6. The van der Waals surface area contributed by atoms with Crippen LogP contribution in [-0.4, -0.2) is 55.5 Å². The Hall–Kier alpha value is -0.620. The van der Waals surface area contributed by atoms with Gasteiger partial charge >= 0.3 is 5.97 Å². The van der Waals surface area contributed by atoms with Crippen LogP contribution in [0, 0.1) is 5.41 Å². The number of sulfone groups is 1. The van der Waals surface area contributed by atoms with Crippen molar-refractivity contribution in [1.29, 1.82) is 0 Å². The van der Waals surface area contributed by atoms with Crippen LogP contribution in [0.1, 0.15) is 20.3 Å². The van der Waals surface area contributed by atoms with Gasteiger partial charge in [-0.15, -0.1) is 0 Å². The molecule has 0 aliphatic carbocycles. The van der Waals surface area contributed by atoms with Crippen LogP contribution >= 0.6 is 0 Å². The maximum Gasteiger partial charge on any atom is 0.310 e. The van der Waals surface area contributed by atoms with Gasteiger partial charge in [-0.3, -0.25) is 4.79 Å². The second kappa shape index (κ2) is 4.33. The number of hydrogen-bond acceptors (Lipinski definition) is 4. The van der Waals surface area contributed by atoms with Gasteiger partial charge in [0.25, 0.3) is 0 Å². The number of carboxylic acid groups (broad SMARTS) is 1. The Morgan fingerprint density at radius 2 is 2.06 bits per heavy atom. The molecule has 1 N–H and O–H groups in total. The minimum Gasteiger partial charge on any atom is -0.481 e. The van der Waals surface area contributed by atoms with Crippen molar-refractivity contribution in [3.8, 4) is 0 Å². The van der Waals surface area contributed by atoms with Crippen molar-refractivity contribution in [2.24, 2.45) is 5.41 Å². The van der Waals surface area contributed by atoms with Gasteiger partial charge in [0.1, 0.15) is 0 Å². The molecule has 5 nitrogen and oxygen atoms in total. The van der Waals surface area contributed by atoms with Crippen LogP contribution in [0.25, 0.3) is 0 Å². The van der Waals surface area contributed by atoms with Crippen LogP contribution < -0.4 is 0 Å². The Balaban J connectivity index is 2.76. The van der Waals surface area contributed by atoms with Crippen LogP contribution in [0.4, 0.5) is 0 Å². The van der Waals surface area contributed by atoms with Crippen molar-refractivity contribution >= 4 is 15.8 Å². The molecule has 1 rings (SSSR count). The van der Waals surface area contributed by atoms with Gasteiger partial charge in [0, 0.05) is 6.54 Å².